The molecule has 0 radical (unpaired) electrons. The number of methoxy groups -OCH3 is 2. The van der Waals surface area contributed by atoms with Crippen molar-refractivity contribution in [3.8, 4) is 27.8 Å². The van der Waals surface area contributed by atoms with E-state index in [1.165, 1.54) is 17.4 Å². The van der Waals surface area contributed by atoms with Gasteiger partial charge in [-0.05, 0) is 35.9 Å². The van der Waals surface area contributed by atoms with Crippen molar-refractivity contribution in [2.75, 3.05) is 20.8 Å². The first-order valence-corrected chi connectivity index (χ1v) is 11.8. The Bertz CT molecular complexity index is 1280. The van der Waals surface area contributed by atoms with E-state index in [4.69, 9.17) is 14.2 Å². The highest BCUT2D eigenvalue weighted by molar-refractivity contribution is 7.13. The van der Waals surface area contributed by atoms with E-state index in [0.717, 1.165) is 16.1 Å². The van der Waals surface area contributed by atoms with Crippen LogP contribution in [0.5, 0.6) is 17.2 Å². The van der Waals surface area contributed by atoms with E-state index in [2.05, 4.69) is 10.3 Å². The zero-order chi connectivity index (χ0) is 24.6. The number of hydrogen-bond donors (Lipinski definition) is 1. The topological polar surface area (TPSA) is 69.7 Å². The van der Waals surface area contributed by atoms with Crippen LogP contribution in [0.2, 0.25) is 0 Å². The second-order valence-electron chi connectivity index (χ2n) is 7.66. The Morgan fingerprint density at radius 1 is 0.971 bits per heavy atom. The molecule has 4 aromatic rings. The van der Waals surface area contributed by atoms with Crippen LogP contribution in [0.4, 0.5) is 4.39 Å². The Kier molecular flexibility index (Phi) is 7.95. The molecule has 0 spiro atoms. The molecule has 0 aliphatic rings. The normalized spacial score (nSPS) is 11.5. The standard InChI is InChI=1S/C27H25FN2O4S/c1-32-24-13-12-19(14-25(24)33-2)27-29-20(17-35-27)15-26(31)30-22(18-8-4-3-5-9-18)16-34-23-11-7-6-10-21(23)28/h3-14,17,22H,15-16H2,1-2H3,(H,30,31)/t22-/m1/s1. The molecule has 1 atom stereocenters. The van der Waals surface area contributed by atoms with Gasteiger partial charge in [0.25, 0.3) is 0 Å². The van der Waals surface area contributed by atoms with Gasteiger partial charge in [0.15, 0.2) is 23.1 Å². The Balaban J connectivity index is 1.44. The van der Waals surface area contributed by atoms with Crippen LogP contribution in [0, 0.1) is 5.82 Å². The second-order valence-corrected chi connectivity index (χ2v) is 8.52. The summed E-state index contributed by atoms with van der Waals surface area (Å²) in [7, 11) is 3.17. The van der Waals surface area contributed by atoms with E-state index in [0.29, 0.717) is 17.2 Å². The number of thiazole rings is 1. The van der Waals surface area contributed by atoms with Gasteiger partial charge in [-0.2, -0.15) is 0 Å². The Labute approximate surface area is 207 Å². The highest BCUT2D eigenvalue weighted by atomic mass is 32.1. The summed E-state index contributed by atoms with van der Waals surface area (Å²) in [6.45, 7) is 0.0879. The second kappa shape index (κ2) is 11.5. The zero-order valence-electron chi connectivity index (χ0n) is 19.4. The number of carbonyl (C=O) groups is 1. The molecule has 180 valence electrons. The summed E-state index contributed by atoms with van der Waals surface area (Å²) < 4.78 is 30.3. The molecule has 8 heteroatoms. The van der Waals surface area contributed by atoms with Crippen LogP contribution < -0.4 is 19.5 Å². The molecular weight excluding hydrogens is 467 g/mol. The molecule has 35 heavy (non-hydrogen) atoms. The summed E-state index contributed by atoms with van der Waals surface area (Å²) in [5.41, 5.74) is 2.39. The van der Waals surface area contributed by atoms with Crippen LogP contribution in [0.25, 0.3) is 10.6 Å². The minimum absolute atomic E-state index is 0.0879. The molecule has 1 amide bonds. The van der Waals surface area contributed by atoms with E-state index < -0.39 is 11.9 Å². The summed E-state index contributed by atoms with van der Waals surface area (Å²) in [6, 6.07) is 20.8. The number of para-hydroxylation sites is 1. The molecule has 3 aromatic carbocycles. The van der Waals surface area contributed by atoms with Crippen LogP contribution in [-0.4, -0.2) is 31.7 Å². The fourth-order valence-corrected chi connectivity index (χ4v) is 4.36. The number of amides is 1. The SMILES string of the molecule is COc1ccc(-c2nc(CC(=O)N[C@H](COc3ccccc3F)c3ccccc3)cs2)cc1OC. The lowest BCUT2D eigenvalue weighted by atomic mass is 10.1. The molecule has 0 aliphatic heterocycles. The summed E-state index contributed by atoms with van der Waals surface area (Å²) in [4.78, 5) is 17.5. The van der Waals surface area contributed by atoms with E-state index in [-0.39, 0.29) is 24.7 Å². The highest BCUT2D eigenvalue weighted by Crippen LogP contribution is 2.33. The van der Waals surface area contributed by atoms with Crippen LogP contribution >= 0.6 is 11.3 Å². The van der Waals surface area contributed by atoms with E-state index in [9.17, 15) is 9.18 Å². The van der Waals surface area contributed by atoms with Gasteiger partial charge in [0.05, 0.1) is 32.4 Å². The smallest absolute Gasteiger partial charge is 0.226 e. The zero-order valence-corrected chi connectivity index (χ0v) is 20.2. The summed E-state index contributed by atoms with van der Waals surface area (Å²) in [5.74, 6) is 0.731. The quantitative estimate of drug-likeness (QED) is 0.319. The summed E-state index contributed by atoms with van der Waals surface area (Å²) in [6.07, 6.45) is 0.104. The molecule has 0 bridgehead atoms. The first kappa shape index (κ1) is 24.2. The first-order valence-electron chi connectivity index (χ1n) is 11.0. The number of ether oxygens (including phenoxy) is 3. The maximum atomic E-state index is 14.0. The van der Waals surface area contributed by atoms with Gasteiger partial charge in [-0.3, -0.25) is 4.79 Å². The molecule has 0 fully saturated rings. The molecule has 0 unspecified atom stereocenters. The molecule has 0 saturated carbocycles. The number of halogens is 1. The lowest BCUT2D eigenvalue weighted by Crippen LogP contribution is -2.33. The third-order valence-corrected chi connectivity index (χ3v) is 6.24. The van der Waals surface area contributed by atoms with Crippen molar-refractivity contribution in [1.29, 1.82) is 0 Å². The fourth-order valence-electron chi connectivity index (χ4n) is 3.54. The molecule has 6 nitrogen and oxygen atoms in total. The van der Waals surface area contributed by atoms with Crippen LogP contribution in [0.1, 0.15) is 17.3 Å². The molecule has 0 aliphatic carbocycles. The van der Waals surface area contributed by atoms with Crippen molar-refractivity contribution in [1.82, 2.24) is 10.3 Å². The van der Waals surface area contributed by atoms with Gasteiger partial charge in [0.2, 0.25) is 5.91 Å². The Morgan fingerprint density at radius 3 is 2.46 bits per heavy atom. The van der Waals surface area contributed by atoms with Gasteiger partial charge in [-0.25, -0.2) is 9.37 Å². The predicted octanol–water partition coefficient (Wildman–Crippen LogP) is 5.45. The number of carbonyl (C=O) groups excluding carboxylic acids is 1. The van der Waals surface area contributed by atoms with Crippen LogP contribution in [0.15, 0.2) is 78.2 Å². The average molecular weight is 493 g/mol. The molecule has 0 saturated heterocycles. The van der Waals surface area contributed by atoms with Gasteiger partial charge in [0, 0.05) is 10.9 Å². The van der Waals surface area contributed by atoms with Gasteiger partial charge < -0.3 is 19.5 Å². The van der Waals surface area contributed by atoms with Crippen molar-refractivity contribution in [2.24, 2.45) is 0 Å². The largest absolute Gasteiger partial charge is 0.493 e. The minimum atomic E-state index is -0.452. The monoisotopic (exact) mass is 492 g/mol. The number of nitrogens with one attached hydrogen (secondary N) is 1. The molecule has 4 rings (SSSR count). The van der Waals surface area contributed by atoms with Crippen molar-refractivity contribution in [2.45, 2.75) is 12.5 Å². The Morgan fingerprint density at radius 2 is 1.71 bits per heavy atom. The average Bonchev–Trinajstić information content (AvgIpc) is 3.35. The van der Waals surface area contributed by atoms with Gasteiger partial charge in [-0.15, -0.1) is 11.3 Å². The minimum Gasteiger partial charge on any atom is -0.493 e. The number of rotatable bonds is 10. The van der Waals surface area contributed by atoms with Gasteiger partial charge in [0.1, 0.15) is 11.6 Å². The number of benzene rings is 3. The third kappa shape index (κ3) is 6.16. The maximum Gasteiger partial charge on any atom is 0.226 e. The molecule has 1 heterocycles. The van der Waals surface area contributed by atoms with E-state index in [1.54, 1.807) is 32.4 Å². The molecule has 1 N–H and O–H groups in total. The van der Waals surface area contributed by atoms with Crippen molar-refractivity contribution >= 4 is 17.2 Å². The maximum absolute atomic E-state index is 14.0. The summed E-state index contributed by atoms with van der Waals surface area (Å²) >= 11 is 1.45. The van der Waals surface area contributed by atoms with Gasteiger partial charge in [-0.1, -0.05) is 42.5 Å². The highest BCUT2D eigenvalue weighted by Gasteiger charge is 2.18. The van der Waals surface area contributed by atoms with Crippen LogP contribution in [-0.2, 0) is 11.2 Å². The number of aromatic nitrogens is 1. The number of nitrogens with zero attached hydrogens (tertiary/aromatic N) is 1. The van der Waals surface area contributed by atoms with Crippen molar-refractivity contribution in [3.05, 3.63) is 95.3 Å². The lowest BCUT2D eigenvalue weighted by Gasteiger charge is -2.20. The predicted molar refractivity (Wildman–Crippen MR) is 134 cm³/mol. The molecular formula is C27H25FN2O4S. The lowest BCUT2D eigenvalue weighted by molar-refractivity contribution is -0.121. The summed E-state index contributed by atoms with van der Waals surface area (Å²) in [5, 5.41) is 5.63. The fraction of sp³-hybridized carbons (Fsp3) is 0.185. The van der Waals surface area contributed by atoms with Crippen molar-refractivity contribution < 1.29 is 23.4 Å². The first-order chi connectivity index (χ1) is 17.1. The number of hydrogen-bond acceptors (Lipinski definition) is 6. The molecule has 1 aromatic heterocycles. The van der Waals surface area contributed by atoms with Gasteiger partial charge >= 0.3 is 0 Å². The Hall–Kier alpha value is -3.91. The van der Waals surface area contributed by atoms with Crippen LogP contribution in [0.3, 0.4) is 0 Å². The van der Waals surface area contributed by atoms with E-state index >= 15 is 0 Å². The van der Waals surface area contributed by atoms with Crippen molar-refractivity contribution in [3.63, 3.8) is 0 Å². The van der Waals surface area contributed by atoms with E-state index in [1.807, 2.05) is 53.9 Å². The third-order valence-electron chi connectivity index (χ3n) is 5.30.